The normalized spacial score (nSPS) is 24.0. The zero-order chi connectivity index (χ0) is 20.1. The first kappa shape index (κ1) is 20.7. The monoisotopic (exact) mass is 449 g/mol. The quantitative estimate of drug-likeness (QED) is 0.624. The number of nitrogens with zero attached hydrogens (tertiary/aromatic N) is 3. The lowest BCUT2D eigenvalue weighted by Gasteiger charge is -2.42. The number of benzene rings is 1. The van der Waals surface area contributed by atoms with Crippen molar-refractivity contribution >= 4 is 33.7 Å². The summed E-state index contributed by atoms with van der Waals surface area (Å²) in [6.07, 6.45) is 4.86. The van der Waals surface area contributed by atoms with Crippen molar-refractivity contribution in [2.24, 2.45) is 5.41 Å². The van der Waals surface area contributed by atoms with Gasteiger partial charge in [0.1, 0.15) is 12.7 Å². The average molecular weight is 450 g/mol. The van der Waals surface area contributed by atoms with Gasteiger partial charge in [0.05, 0.1) is 24.3 Å². The molecule has 0 aliphatic carbocycles. The van der Waals surface area contributed by atoms with Gasteiger partial charge in [-0.3, -0.25) is 4.79 Å². The van der Waals surface area contributed by atoms with E-state index in [2.05, 4.69) is 26.0 Å². The van der Waals surface area contributed by atoms with Crippen LogP contribution in [-0.4, -0.2) is 46.3 Å². The molecule has 1 aliphatic rings. The lowest BCUT2D eigenvalue weighted by molar-refractivity contribution is -0.242. The fourth-order valence-corrected chi connectivity index (χ4v) is 3.37. The van der Waals surface area contributed by atoms with Crippen molar-refractivity contribution in [2.45, 2.75) is 39.6 Å². The third-order valence-electron chi connectivity index (χ3n) is 4.58. The number of halogens is 1. The molecule has 150 valence electrons. The van der Waals surface area contributed by atoms with Crippen molar-refractivity contribution in [3.05, 3.63) is 47.0 Å². The van der Waals surface area contributed by atoms with E-state index in [1.54, 1.807) is 11.0 Å². The molecule has 1 aromatic carbocycles. The highest BCUT2D eigenvalue weighted by Gasteiger charge is 2.44. The molecule has 0 amide bonds. The summed E-state index contributed by atoms with van der Waals surface area (Å²) in [4.78, 5) is 16.0. The van der Waals surface area contributed by atoms with E-state index in [4.69, 9.17) is 14.2 Å². The molecule has 1 unspecified atom stereocenters. The van der Waals surface area contributed by atoms with Crippen molar-refractivity contribution in [3.63, 3.8) is 0 Å². The maximum absolute atomic E-state index is 11.9. The average Bonchev–Trinajstić information content (AvgIpc) is 3.21. The Kier molecular flexibility index (Phi) is 6.64. The van der Waals surface area contributed by atoms with Gasteiger partial charge in [0.2, 0.25) is 0 Å². The van der Waals surface area contributed by atoms with E-state index in [0.717, 1.165) is 16.5 Å². The summed E-state index contributed by atoms with van der Waals surface area (Å²) < 4.78 is 20.1. The van der Waals surface area contributed by atoms with Gasteiger partial charge in [-0.05, 0) is 30.2 Å². The molecule has 0 spiro atoms. The molecule has 2 heterocycles. The smallest absolute Gasteiger partial charge is 0.303 e. The Morgan fingerprint density at radius 2 is 2.07 bits per heavy atom. The Morgan fingerprint density at radius 3 is 2.61 bits per heavy atom. The van der Waals surface area contributed by atoms with Crippen LogP contribution in [0.5, 0.6) is 0 Å². The molecule has 1 saturated heterocycles. The zero-order valence-corrected chi connectivity index (χ0v) is 17.8. The molecule has 1 aliphatic heterocycles. The Bertz CT molecular complexity index is 812. The molecule has 28 heavy (non-hydrogen) atoms. The van der Waals surface area contributed by atoms with Crippen LogP contribution in [0, 0.1) is 5.41 Å². The minimum Gasteiger partial charge on any atom is -0.455 e. The van der Waals surface area contributed by atoms with Crippen LogP contribution in [0.25, 0.3) is 11.8 Å². The van der Waals surface area contributed by atoms with E-state index >= 15 is 0 Å². The first-order valence-electron chi connectivity index (χ1n) is 9.14. The first-order chi connectivity index (χ1) is 13.4. The van der Waals surface area contributed by atoms with Gasteiger partial charge in [0.25, 0.3) is 0 Å². The standard InChI is InChI=1S/C20H24BrN3O4/c1-4-18-26-10-20(3,11-27-18)19(28-14(2)25)17(24-13-22-12-23-24)9-15-5-7-16(21)8-6-15/h5-9,12-13,18-19H,4,10-11H2,1-3H3/b17-9-. The maximum Gasteiger partial charge on any atom is 0.303 e. The van der Waals surface area contributed by atoms with Crippen LogP contribution in [0.2, 0.25) is 0 Å². The zero-order valence-electron chi connectivity index (χ0n) is 16.2. The number of hydrogen-bond donors (Lipinski definition) is 0. The fraction of sp³-hybridized carbons (Fsp3) is 0.450. The van der Waals surface area contributed by atoms with Crippen LogP contribution >= 0.6 is 15.9 Å². The van der Waals surface area contributed by atoms with Crippen LogP contribution in [0.4, 0.5) is 0 Å². The van der Waals surface area contributed by atoms with E-state index in [-0.39, 0.29) is 12.3 Å². The van der Waals surface area contributed by atoms with Crippen LogP contribution in [0.1, 0.15) is 32.8 Å². The van der Waals surface area contributed by atoms with Gasteiger partial charge in [-0.15, -0.1) is 0 Å². The molecule has 1 aromatic heterocycles. The summed E-state index contributed by atoms with van der Waals surface area (Å²) in [5.74, 6) is -0.384. The second-order valence-corrected chi connectivity index (χ2v) is 7.98. The first-order valence-corrected chi connectivity index (χ1v) is 9.93. The Balaban J connectivity index is 2.02. The van der Waals surface area contributed by atoms with Gasteiger partial charge in [-0.2, -0.15) is 5.10 Å². The second kappa shape index (κ2) is 8.98. The summed E-state index contributed by atoms with van der Waals surface area (Å²) in [7, 11) is 0. The highest BCUT2D eigenvalue weighted by atomic mass is 79.9. The Morgan fingerprint density at radius 1 is 1.39 bits per heavy atom. The molecule has 7 nitrogen and oxygen atoms in total. The van der Waals surface area contributed by atoms with Crippen molar-refractivity contribution in [2.75, 3.05) is 13.2 Å². The number of aromatic nitrogens is 3. The molecule has 0 saturated carbocycles. The van der Waals surface area contributed by atoms with Gasteiger partial charge in [0.15, 0.2) is 12.4 Å². The van der Waals surface area contributed by atoms with Crippen molar-refractivity contribution in [3.8, 4) is 0 Å². The predicted molar refractivity (Wildman–Crippen MR) is 108 cm³/mol. The van der Waals surface area contributed by atoms with Crippen LogP contribution < -0.4 is 0 Å². The largest absolute Gasteiger partial charge is 0.455 e. The SMILES string of the molecule is CCC1OCC(C)(C(OC(C)=O)/C(=C/c2ccc(Br)cc2)n2cncn2)CO1. The molecule has 0 N–H and O–H groups in total. The maximum atomic E-state index is 11.9. The summed E-state index contributed by atoms with van der Waals surface area (Å²) in [6, 6.07) is 7.84. The highest BCUT2D eigenvalue weighted by Crippen LogP contribution is 2.37. The van der Waals surface area contributed by atoms with Gasteiger partial charge in [-0.25, -0.2) is 9.67 Å². The van der Waals surface area contributed by atoms with Gasteiger partial charge in [0, 0.05) is 11.4 Å². The number of carbonyl (C=O) groups is 1. The minimum absolute atomic E-state index is 0.240. The topological polar surface area (TPSA) is 75.5 Å². The predicted octanol–water partition coefficient (Wildman–Crippen LogP) is 3.76. The number of carbonyl (C=O) groups excluding carboxylic acids is 1. The summed E-state index contributed by atoms with van der Waals surface area (Å²) in [5, 5.41) is 4.27. The van der Waals surface area contributed by atoms with Crippen molar-refractivity contribution < 1.29 is 19.0 Å². The Hall–Kier alpha value is -2.03. The van der Waals surface area contributed by atoms with Crippen LogP contribution in [0.3, 0.4) is 0 Å². The summed E-state index contributed by atoms with van der Waals surface area (Å²) in [6.45, 7) is 6.18. The lowest BCUT2D eigenvalue weighted by atomic mass is 9.82. The van der Waals surface area contributed by atoms with E-state index in [0.29, 0.717) is 18.9 Å². The molecule has 0 radical (unpaired) electrons. The molecule has 3 rings (SSSR count). The minimum atomic E-state index is -0.631. The van der Waals surface area contributed by atoms with E-state index in [1.807, 2.05) is 44.2 Å². The number of rotatable bonds is 6. The second-order valence-electron chi connectivity index (χ2n) is 7.06. The van der Waals surface area contributed by atoms with E-state index in [9.17, 15) is 4.79 Å². The summed E-state index contributed by atoms with van der Waals surface area (Å²) >= 11 is 3.44. The van der Waals surface area contributed by atoms with Crippen molar-refractivity contribution in [1.82, 2.24) is 14.8 Å². The van der Waals surface area contributed by atoms with Crippen molar-refractivity contribution in [1.29, 1.82) is 0 Å². The third kappa shape index (κ3) is 4.87. The number of ether oxygens (including phenoxy) is 3. The lowest BCUT2D eigenvalue weighted by Crippen LogP contribution is -2.49. The molecule has 2 aromatic rings. The number of hydrogen-bond acceptors (Lipinski definition) is 6. The molecular weight excluding hydrogens is 426 g/mol. The molecule has 1 atom stereocenters. The third-order valence-corrected chi connectivity index (χ3v) is 5.11. The molecule has 8 heteroatoms. The highest BCUT2D eigenvalue weighted by molar-refractivity contribution is 9.10. The van der Waals surface area contributed by atoms with Crippen LogP contribution in [-0.2, 0) is 19.0 Å². The van der Waals surface area contributed by atoms with E-state index in [1.165, 1.54) is 13.3 Å². The molecular formula is C20H24BrN3O4. The van der Waals surface area contributed by atoms with Crippen LogP contribution in [0.15, 0.2) is 41.4 Å². The number of esters is 1. The van der Waals surface area contributed by atoms with E-state index < -0.39 is 11.5 Å². The van der Waals surface area contributed by atoms with Gasteiger partial charge < -0.3 is 14.2 Å². The fourth-order valence-electron chi connectivity index (χ4n) is 3.10. The summed E-state index contributed by atoms with van der Waals surface area (Å²) in [5.41, 5.74) is 1.04. The molecule has 1 fully saturated rings. The Labute approximate surface area is 172 Å². The van der Waals surface area contributed by atoms with Gasteiger partial charge in [-0.1, -0.05) is 41.9 Å². The van der Waals surface area contributed by atoms with Gasteiger partial charge >= 0.3 is 5.97 Å². The molecule has 0 bridgehead atoms.